The van der Waals surface area contributed by atoms with E-state index in [4.69, 9.17) is 5.11 Å². The van der Waals surface area contributed by atoms with Gasteiger partial charge in [0.2, 0.25) is 0 Å². The van der Waals surface area contributed by atoms with Gasteiger partial charge in [-0.3, -0.25) is 4.79 Å². The van der Waals surface area contributed by atoms with Gasteiger partial charge in [0.1, 0.15) is 0 Å². The van der Waals surface area contributed by atoms with Gasteiger partial charge in [-0.15, -0.1) is 0 Å². The Morgan fingerprint density at radius 2 is 1.83 bits per heavy atom. The largest absolute Gasteiger partial charge is 0.481 e. The molecule has 1 saturated heterocycles. The van der Waals surface area contributed by atoms with Gasteiger partial charge in [0.15, 0.2) is 0 Å². The topological polar surface area (TPSA) is 102 Å². The van der Waals surface area contributed by atoms with E-state index in [-0.39, 0.29) is 18.6 Å². The molecule has 5 N–H and O–H groups in total. The number of rotatable bonds is 12. The van der Waals surface area contributed by atoms with Gasteiger partial charge in [0, 0.05) is 18.6 Å². The summed E-state index contributed by atoms with van der Waals surface area (Å²) in [4.78, 5) is 11.0. The number of aliphatic hydroxyl groups excluding tert-OH is 1. The van der Waals surface area contributed by atoms with Crippen molar-refractivity contribution in [3.05, 3.63) is 0 Å². The Balaban J connectivity index is 1.60. The number of carboxylic acids is 1. The molecule has 0 aromatic rings. The number of hydrogen-bond donors (Lipinski definition) is 5. The molecular formula is C23H44N2O4. The van der Waals surface area contributed by atoms with E-state index < -0.39 is 11.6 Å². The number of carbonyl (C=O) groups is 1. The van der Waals surface area contributed by atoms with Crippen LogP contribution in [0.1, 0.15) is 90.9 Å². The van der Waals surface area contributed by atoms with Crippen molar-refractivity contribution in [1.82, 2.24) is 10.6 Å². The fourth-order valence-corrected chi connectivity index (χ4v) is 5.33. The Morgan fingerprint density at radius 1 is 1.10 bits per heavy atom. The molecule has 170 valence electrons. The lowest BCUT2D eigenvalue weighted by Crippen LogP contribution is -2.52. The minimum atomic E-state index is -1.13. The fraction of sp³-hybridized carbons (Fsp3) is 0.957. The second-order valence-electron chi connectivity index (χ2n) is 9.66. The van der Waals surface area contributed by atoms with Gasteiger partial charge < -0.3 is 26.0 Å². The molecule has 4 atom stereocenters. The smallest absolute Gasteiger partial charge is 0.306 e. The molecule has 29 heavy (non-hydrogen) atoms. The van der Waals surface area contributed by atoms with E-state index in [1.807, 2.05) is 6.92 Å². The van der Waals surface area contributed by atoms with E-state index in [1.54, 1.807) is 0 Å². The van der Waals surface area contributed by atoms with Gasteiger partial charge in [0.25, 0.3) is 0 Å². The second kappa shape index (κ2) is 12.2. The van der Waals surface area contributed by atoms with Crippen LogP contribution in [0, 0.1) is 11.8 Å². The summed E-state index contributed by atoms with van der Waals surface area (Å²) in [5.74, 6) is 0.648. The van der Waals surface area contributed by atoms with Crippen molar-refractivity contribution in [2.75, 3.05) is 13.1 Å². The Kier molecular flexibility index (Phi) is 10.4. The summed E-state index contributed by atoms with van der Waals surface area (Å²) < 4.78 is 0. The molecule has 0 radical (unpaired) electrons. The van der Waals surface area contributed by atoms with Crippen molar-refractivity contribution in [3.8, 4) is 0 Å². The summed E-state index contributed by atoms with van der Waals surface area (Å²) in [6.45, 7) is 5.15. The minimum absolute atomic E-state index is 0.186. The van der Waals surface area contributed by atoms with Crippen LogP contribution in [-0.2, 0) is 4.79 Å². The monoisotopic (exact) mass is 412 g/mol. The summed E-state index contributed by atoms with van der Waals surface area (Å²) >= 11 is 0. The first-order chi connectivity index (χ1) is 13.8. The van der Waals surface area contributed by atoms with Crippen molar-refractivity contribution in [2.24, 2.45) is 11.8 Å². The van der Waals surface area contributed by atoms with Crippen LogP contribution < -0.4 is 10.6 Å². The van der Waals surface area contributed by atoms with Crippen LogP contribution in [0.2, 0.25) is 0 Å². The minimum Gasteiger partial charge on any atom is -0.481 e. The van der Waals surface area contributed by atoms with E-state index in [9.17, 15) is 15.0 Å². The molecule has 0 amide bonds. The lowest BCUT2D eigenvalue weighted by molar-refractivity contribution is -0.142. The molecule has 0 aromatic heterocycles. The number of aliphatic hydroxyl groups is 2. The molecule has 0 bridgehead atoms. The zero-order chi connectivity index (χ0) is 21.3. The quantitative estimate of drug-likeness (QED) is 0.316. The average Bonchev–Trinajstić information content (AvgIpc) is 2.68. The van der Waals surface area contributed by atoms with E-state index in [2.05, 4.69) is 17.6 Å². The number of likely N-dealkylation sites (N-methyl/N-ethyl adjacent to an activating group) is 1. The van der Waals surface area contributed by atoms with Crippen LogP contribution in [0.3, 0.4) is 0 Å². The highest BCUT2D eigenvalue weighted by Gasteiger charge is 2.33. The number of piperidine rings is 1. The third-order valence-electron chi connectivity index (χ3n) is 7.23. The Hall–Kier alpha value is -0.690. The molecule has 2 rings (SSSR count). The maximum atomic E-state index is 11.0. The van der Waals surface area contributed by atoms with Crippen LogP contribution in [0.25, 0.3) is 0 Å². The Labute approximate surface area is 176 Å². The molecule has 1 saturated carbocycles. The van der Waals surface area contributed by atoms with Crippen molar-refractivity contribution < 1.29 is 20.1 Å². The molecule has 1 aliphatic heterocycles. The van der Waals surface area contributed by atoms with Gasteiger partial charge in [-0.2, -0.15) is 0 Å². The predicted octanol–water partition coefficient (Wildman–Crippen LogP) is 3.06. The summed E-state index contributed by atoms with van der Waals surface area (Å²) in [5.41, 5.74) is -1.13. The molecule has 6 nitrogen and oxygen atoms in total. The van der Waals surface area contributed by atoms with E-state index in [1.165, 1.54) is 38.5 Å². The maximum absolute atomic E-state index is 11.0. The van der Waals surface area contributed by atoms with Gasteiger partial charge in [-0.25, -0.2) is 0 Å². The Morgan fingerprint density at radius 3 is 2.45 bits per heavy atom. The highest BCUT2D eigenvalue weighted by molar-refractivity contribution is 5.68. The van der Waals surface area contributed by atoms with Crippen molar-refractivity contribution in [3.63, 3.8) is 0 Å². The molecular weight excluding hydrogens is 368 g/mol. The highest BCUT2D eigenvalue weighted by Crippen LogP contribution is 2.36. The zero-order valence-electron chi connectivity index (χ0n) is 18.5. The van der Waals surface area contributed by atoms with E-state index >= 15 is 0 Å². The third-order valence-corrected chi connectivity index (χ3v) is 7.23. The number of hydrogen-bond acceptors (Lipinski definition) is 5. The molecule has 1 heterocycles. The first kappa shape index (κ1) is 24.6. The number of unbranched alkanes of at least 4 members (excludes halogenated alkanes) is 2. The van der Waals surface area contributed by atoms with Gasteiger partial charge in [0.05, 0.1) is 18.1 Å². The molecule has 2 fully saturated rings. The van der Waals surface area contributed by atoms with Crippen LogP contribution in [0.5, 0.6) is 0 Å². The lowest BCUT2D eigenvalue weighted by atomic mass is 9.74. The first-order valence-corrected chi connectivity index (χ1v) is 11.9. The average molecular weight is 413 g/mol. The van der Waals surface area contributed by atoms with Crippen molar-refractivity contribution in [2.45, 2.75) is 115 Å². The third kappa shape index (κ3) is 8.52. The van der Waals surface area contributed by atoms with Gasteiger partial charge in [-0.05, 0) is 57.4 Å². The van der Waals surface area contributed by atoms with E-state index in [0.717, 1.165) is 44.1 Å². The maximum Gasteiger partial charge on any atom is 0.306 e. The summed E-state index contributed by atoms with van der Waals surface area (Å²) in [5, 5.41) is 36.3. The first-order valence-electron chi connectivity index (χ1n) is 11.9. The van der Waals surface area contributed by atoms with Crippen LogP contribution in [0.4, 0.5) is 0 Å². The Bertz CT molecular complexity index is 481. The lowest BCUT2D eigenvalue weighted by Gasteiger charge is -2.40. The molecule has 0 aromatic carbocycles. The summed E-state index contributed by atoms with van der Waals surface area (Å²) in [7, 11) is 0. The summed E-state index contributed by atoms with van der Waals surface area (Å²) in [6, 6.07) is 0.803. The normalized spacial score (nSPS) is 32.6. The molecule has 4 unspecified atom stereocenters. The fourth-order valence-electron chi connectivity index (χ4n) is 5.33. The van der Waals surface area contributed by atoms with Crippen LogP contribution in [-0.4, -0.2) is 58.2 Å². The van der Waals surface area contributed by atoms with Crippen LogP contribution in [0.15, 0.2) is 0 Å². The standard InChI is InChI=1S/C23H44N2O4/c1-3-24-16-23(29,15-22(27)28)14-6-4-5-7-18-8-10-19(11-9-18)20-12-13-21(26)17(2)25-20/h17-21,24-26,29H,3-16H2,1-2H3,(H,27,28). The van der Waals surface area contributed by atoms with E-state index in [0.29, 0.717) is 19.0 Å². The van der Waals surface area contributed by atoms with Crippen molar-refractivity contribution in [1.29, 1.82) is 0 Å². The van der Waals surface area contributed by atoms with Crippen LogP contribution >= 0.6 is 0 Å². The predicted molar refractivity (Wildman–Crippen MR) is 116 cm³/mol. The number of nitrogens with one attached hydrogen (secondary N) is 2. The highest BCUT2D eigenvalue weighted by atomic mass is 16.4. The molecule has 1 aliphatic carbocycles. The van der Waals surface area contributed by atoms with Crippen molar-refractivity contribution >= 4 is 5.97 Å². The van der Waals surface area contributed by atoms with Gasteiger partial charge in [-0.1, -0.05) is 45.4 Å². The zero-order valence-corrected chi connectivity index (χ0v) is 18.5. The number of carboxylic acid groups (broad SMARTS) is 1. The molecule has 0 spiro atoms. The SMILES string of the molecule is CCNCC(O)(CCCCCC1CCC(C2CCC(O)C(C)N2)CC1)CC(=O)O. The second-order valence-corrected chi connectivity index (χ2v) is 9.66. The molecule has 6 heteroatoms. The number of aliphatic carboxylic acids is 1. The van der Waals surface area contributed by atoms with Gasteiger partial charge >= 0.3 is 5.97 Å². The summed E-state index contributed by atoms with van der Waals surface area (Å²) in [6.07, 6.45) is 11.8. The molecule has 2 aliphatic rings.